The lowest BCUT2D eigenvalue weighted by molar-refractivity contribution is 0.666. The molecule has 0 nitrogen and oxygen atoms in total. The van der Waals surface area contributed by atoms with Crippen molar-refractivity contribution >= 4 is 125 Å². The average molecular weight is 1210 g/mol. The minimum atomic E-state index is 1.12. The van der Waals surface area contributed by atoms with Gasteiger partial charge in [-0.05, 0) is 189 Å². The summed E-state index contributed by atoms with van der Waals surface area (Å²) in [6.07, 6.45) is 24.9. The third-order valence-corrected chi connectivity index (χ3v) is 27.0. The average Bonchev–Trinajstić information content (AvgIpc) is 4.41. The molecular weight excluding hydrogens is 1140 g/mol. The fourth-order valence-corrected chi connectivity index (χ4v) is 22.0. The van der Waals surface area contributed by atoms with Gasteiger partial charge >= 0.3 is 0 Å². The largest absolute Gasteiger partial charge is 0.143 e. The lowest BCUT2D eigenvalue weighted by Gasteiger charge is -2.07. The first-order valence-corrected chi connectivity index (χ1v) is 37.3. The molecular formula is C68H76S10. The summed E-state index contributed by atoms with van der Waals surface area (Å²) in [6, 6.07) is 38.4. The zero-order chi connectivity index (χ0) is 53.8. The van der Waals surface area contributed by atoms with Crippen LogP contribution in [0.2, 0.25) is 0 Å². The monoisotopic (exact) mass is 1210 g/mol. The fourth-order valence-electron chi connectivity index (χ4n) is 10.6. The number of thiophene rings is 10. The van der Waals surface area contributed by atoms with Crippen LogP contribution in [-0.2, 0) is 25.7 Å². The van der Waals surface area contributed by atoms with Crippen LogP contribution in [0.25, 0.3) is 59.9 Å². The topological polar surface area (TPSA) is 0 Å². The Kier molecular flexibility index (Phi) is 21.3. The van der Waals surface area contributed by atoms with Crippen LogP contribution in [0.3, 0.4) is 0 Å². The van der Waals surface area contributed by atoms with E-state index in [1.54, 1.807) is 22.3 Å². The SMILES string of the molecule is CCCCCCc1cc(-c2sc(C)cc2CCCCCC)sc1/C(c1ccc(-c2ccc(-c3cccs3)s2)s1)=c1/cc(CCCCCC)/c(=c2/cc(CCCCCC)/c(=C(\C)c3ccc(-c4ccc(-c5cccs5)s4)s3)s2)s1. The molecule has 0 bridgehead atoms. The highest BCUT2D eigenvalue weighted by Gasteiger charge is 2.23. The second-order valence-corrected chi connectivity index (χ2v) is 31.6. The molecule has 0 saturated carbocycles. The highest BCUT2D eigenvalue weighted by molar-refractivity contribution is 7.28. The highest BCUT2D eigenvalue weighted by atomic mass is 32.1. The molecule has 0 radical (unpaired) electrons. The van der Waals surface area contributed by atoms with Crippen LogP contribution in [-0.4, -0.2) is 0 Å². The van der Waals surface area contributed by atoms with E-state index in [9.17, 15) is 0 Å². The second-order valence-electron chi connectivity index (χ2n) is 21.0. The molecule has 0 atom stereocenters. The molecule has 0 saturated heterocycles. The molecule has 0 unspecified atom stereocenters. The molecule has 0 aliphatic heterocycles. The molecule has 10 heterocycles. The van der Waals surface area contributed by atoms with E-state index >= 15 is 0 Å². The zero-order valence-corrected chi connectivity index (χ0v) is 54.8. The number of hydrogen-bond donors (Lipinski definition) is 0. The number of rotatable bonds is 28. The van der Waals surface area contributed by atoms with Gasteiger partial charge in [0.25, 0.3) is 0 Å². The van der Waals surface area contributed by atoms with E-state index < -0.39 is 0 Å². The Morgan fingerprint density at radius 2 is 0.885 bits per heavy atom. The van der Waals surface area contributed by atoms with Gasteiger partial charge in [0.1, 0.15) is 0 Å². The Hall–Kier alpha value is -3.26. The summed E-state index contributed by atoms with van der Waals surface area (Å²) in [5, 5.41) is 4.39. The maximum absolute atomic E-state index is 2.68. The number of aryl methyl sites for hydroxylation is 5. The van der Waals surface area contributed by atoms with Crippen LogP contribution in [0.15, 0.2) is 108 Å². The van der Waals surface area contributed by atoms with E-state index in [1.165, 1.54) is 207 Å². The third kappa shape index (κ3) is 14.1. The molecule has 0 aliphatic carbocycles. The van der Waals surface area contributed by atoms with Crippen LogP contribution >= 0.6 is 113 Å². The molecule has 10 rings (SSSR count). The molecule has 0 fully saturated rings. The zero-order valence-electron chi connectivity index (χ0n) is 46.6. The van der Waals surface area contributed by atoms with Crippen LogP contribution in [0.1, 0.15) is 179 Å². The summed E-state index contributed by atoms with van der Waals surface area (Å²) >= 11 is 19.8. The van der Waals surface area contributed by atoms with Gasteiger partial charge in [0, 0.05) is 92.0 Å². The van der Waals surface area contributed by atoms with Crippen LogP contribution in [0, 0.1) is 16.0 Å². The van der Waals surface area contributed by atoms with E-state index in [4.69, 9.17) is 0 Å². The van der Waals surface area contributed by atoms with Gasteiger partial charge in [-0.1, -0.05) is 117 Å². The Morgan fingerprint density at radius 1 is 0.385 bits per heavy atom. The maximum atomic E-state index is 2.68. The van der Waals surface area contributed by atoms with Gasteiger partial charge in [-0.15, -0.1) is 113 Å². The van der Waals surface area contributed by atoms with Crippen molar-refractivity contribution in [1.82, 2.24) is 0 Å². The summed E-state index contributed by atoms with van der Waals surface area (Å²) in [6.45, 7) is 14.1. The fraction of sp³-hybridized carbons (Fsp3) is 0.382. The highest BCUT2D eigenvalue weighted by Crippen LogP contribution is 2.47. The minimum Gasteiger partial charge on any atom is -0.143 e. The Bertz CT molecular complexity index is 3670. The quantitative estimate of drug-likeness (QED) is 0.0429. The Labute approximate surface area is 505 Å². The smallest absolute Gasteiger partial charge is 0.0481 e. The molecule has 0 aromatic carbocycles. The summed E-state index contributed by atoms with van der Waals surface area (Å²) in [7, 11) is 0. The van der Waals surface area contributed by atoms with E-state index in [0.29, 0.717) is 0 Å². The van der Waals surface area contributed by atoms with Gasteiger partial charge in [0.15, 0.2) is 0 Å². The first kappa shape index (κ1) is 58.0. The lowest BCUT2D eigenvalue weighted by atomic mass is 10.0. The molecule has 0 spiro atoms. The normalized spacial score (nSPS) is 13.1. The van der Waals surface area contributed by atoms with Crippen LogP contribution in [0.5, 0.6) is 0 Å². The van der Waals surface area contributed by atoms with Crippen molar-refractivity contribution in [2.24, 2.45) is 0 Å². The van der Waals surface area contributed by atoms with Gasteiger partial charge in [0.2, 0.25) is 0 Å². The molecule has 0 amide bonds. The Balaban J connectivity index is 1.17. The summed E-state index contributed by atoms with van der Waals surface area (Å²) in [5.74, 6) is 0. The summed E-state index contributed by atoms with van der Waals surface area (Å²) in [4.78, 5) is 19.7. The van der Waals surface area contributed by atoms with Gasteiger partial charge in [-0.2, -0.15) is 0 Å². The predicted octanol–water partition coefficient (Wildman–Crippen LogP) is 24.2. The van der Waals surface area contributed by atoms with Crippen LogP contribution in [0.4, 0.5) is 0 Å². The van der Waals surface area contributed by atoms with Crippen LogP contribution < -0.4 is 9.06 Å². The lowest BCUT2D eigenvalue weighted by Crippen LogP contribution is -2.05. The number of unbranched alkanes of at least 4 members (excludes halogenated alkanes) is 12. The van der Waals surface area contributed by atoms with E-state index in [2.05, 4.69) is 183 Å². The van der Waals surface area contributed by atoms with Gasteiger partial charge in [-0.3, -0.25) is 0 Å². The first-order chi connectivity index (χ1) is 38.3. The van der Waals surface area contributed by atoms with Crippen molar-refractivity contribution in [3.05, 3.63) is 168 Å². The van der Waals surface area contributed by atoms with Crippen molar-refractivity contribution in [1.29, 1.82) is 0 Å². The molecule has 78 heavy (non-hydrogen) atoms. The van der Waals surface area contributed by atoms with E-state index in [0.717, 1.165) is 19.3 Å². The van der Waals surface area contributed by atoms with Crippen molar-refractivity contribution in [2.75, 3.05) is 0 Å². The van der Waals surface area contributed by atoms with Gasteiger partial charge in [0.05, 0.1) is 0 Å². The van der Waals surface area contributed by atoms with Crippen molar-refractivity contribution in [2.45, 2.75) is 170 Å². The summed E-state index contributed by atoms with van der Waals surface area (Å²) in [5.41, 5.74) is 9.10. The Morgan fingerprint density at radius 3 is 1.45 bits per heavy atom. The molecule has 10 aromatic rings. The van der Waals surface area contributed by atoms with Crippen molar-refractivity contribution in [3.8, 4) is 48.8 Å². The van der Waals surface area contributed by atoms with Crippen molar-refractivity contribution < 1.29 is 0 Å². The standard InChI is InChI=1S/C68H76S10/c1-7-11-15-19-25-47-41-45(5)71-66(47)62-44-50(28-22-18-14-10-4)68(78-62)64(60-38-37-59(75-60)58-36-34-55(74-58)53-30-24-40-70-53)61-42-49(27-21-17-13-9-3)67(76-61)63-43-48(26-20-16-12-8-2)65(77-63)46(6)51-31-32-56(72-51)57-35-33-54(73-57)52-29-23-39-69-52/h23-24,29-44H,7-22,25-28H2,1-6H3/b64-61-,65-46-,67-63+. The predicted molar refractivity (Wildman–Crippen MR) is 361 cm³/mol. The third-order valence-electron chi connectivity index (χ3n) is 14.9. The maximum Gasteiger partial charge on any atom is 0.0481 e. The molecule has 10 heteroatoms. The minimum absolute atomic E-state index is 1.12. The van der Waals surface area contributed by atoms with Gasteiger partial charge < -0.3 is 0 Å². The molecule has 0 N–H and O–H groups in total. The van der Waals surface area contributed by atoms with E-state index in [1.807, 2.05) is 79.4 Å². The van der Waals surface area contributed by atoms with E-state index in [-0.39, 0.29) is 0 Å². The summed E-state index contributed by atoms with van der Waals surface area (Å²) < 4.78 is 5.91. The van der Waals surface area contributed by atoms with Gasteiger partial charge in [-0.25, -0.2) is 0 Å². The molecule has 408 valence electrons. The second kappa shape index (κ2) is 28.6. The molecule has 0 aliphatic rings. The van der Waals surface area contributed by atoms with Crippen molar-refractivity contribution in [3.63, 3.8) is 0 Å². The first-order valence-electron chi connectivity index (χ1n) is 29.0. The number of hydrogen-bond acceptors (Lipinski definition) is 10. The molecule has 10 aromatic heterocycles.